The van der Waals surface area contributed by atoms with Gasteiger partial charge >= 0.3 is 0 Å². The fourth-order valence-electron chi connectivity index (χ4n) is 2.77. The fraction of sp³-hybridized carbons (Fsp3) is 0.316. The Morgan fingerprint density at radius 3 is 2.39 bits per heavy atom. The van der Waals surface area contributed by atoms with Crippen LogP contribution in [0.3, 0.4) is 0 Å². The molecule has 0 aromatic heterocycles. The van der Waals surface area contributed by atoms with E-state index in [1.54, 1.807) is 20.1 Å². The zero-order valence-corrected chi connectivity index (χ0v) is 17.2. The third-order valence-electron chi connectivity index (χ3n) is 4.32. The van der Waals surface area contributed by atoms with Gasteiger partial charge in [0.1, 0.15) is 5.69 Å². The molecule has 0 spiro atoms. The SMILES string of the molecule is CCN(CC)S(=O)(=O)c1ccc(N/N=C\c2ccc(C)cc2C)c([N+](=O)[O-])c1. The normalized spacial score (nSPS) is 11.9. The molecule has 150 valence electrons. The molecule has 0 bridgehead atoms. The molecular weight excluding hydrogens is 380 g/mol. The van der Waals surface area contributed by atoms with E-state index in [4.69, 9.17) is 0 Å². The molecule has 0 aliphatic heterocycles. The van der Waals surface area contributed by atoms with Crippen molar-refractivity contribution in [1.29, 1.82) is 0 Å². The van der Waals surface area contributed by atoms with Crippen LogP contribution < -0.4 is 5.43 Å². The van der Waals surface area contributed by atoms with Crippen LogP contribution in [0.2, 0.25) is 0 Å². The van der Waals surface area contributed by atoms with E-state index in [0.29, 0.717) is 0 Å². The van der Waals surface area contributed by atoms with Gasteiger partial charge in [-0.15, -0.1) is 0 Å². The molecule has 0 heterocycles. The van der Waals surface area contributed by atoms with Gasteiger partial charge in [0.25, 0.3) is 5.69 Å². The fourth-order valence-corrected chi connectivity index (χ4v) is 4.25. The molecule has 0 aliphatic rings. The van der Waals surface area contributed by atoms with E-state index in [-0.39, 0.29) is 29.4 Å². The minimum absolute atomic E-state index is 0.115. The molecular formula is C19H24N4O4S. The molecule has 2 aromatic rings. The third-order valence-corrected chi connectivity index (χ3v) is 6.37. The summed E-state index contributed by atoms with van der Waals surface area (Å²) in [5.74, 6) is 0. The molecule has 0 saturated heterocycles. The molecule has 2 aromatic carbocycles. The average Bonchev–Trinajstić information content (AvgIpc) is 2.64. The summed E-state index contributed by atoms with van der Waals surface area (Å²) >= 11 is 0. The van der Waals surface area contributed by atoms with Crippen LogP contribution in [0.25, 0.3) is 0 Å². The van der Waals surface area contributed by atoms with Crippen LogP contribution in [0.1, 0.15) is 30.5 Å². The number of hydrogen-bond acceptors (Lipinski definition) is 6. The van der Waals surface area contributed by atoms with E-state index in [1.807, 2.05) is 32.0 Å². The second kappa shape index (κ2) is 8.94. The van der Waals surface area contributed by atoms with Crippen molar-refractivity contribution in [2.75, 3.05) is 18.5 Å². The lowest BCUT2D eigenvalue weighted by Gasteiger charge is -2.18. The summed E-state index contributed by atoms with van der Waals surface area (Å²) in [5, 5.41) is 15.5. The highest BCUT2D eigenvalue weighted by atomic mass is 32.2. The number of rotatable bonds is 8. The van der Waals surface area contributed by atoms with Gasteiger partial charge in [-0.05, 0) is 37.1 Å². The lowest BCUT2D eigenvalue weighted by Crippen LogP contribution is -2.30. The summed E-state index contributed by atoms with van der Waals surface area (Å²) < 4.78 is 26.4. The van der Waals surface area contributed by atoms with Crippen LogP contribution in [0, 0.1) is 24.0 Å². The first-order valence-electron chi connectivity index (χ1n) is 8.85. The number of sulfonamides is 1. The van der Waals surface area contributed by atoms with E-state index < -0.39 is 14.9 Å². The maximum atomic E-state index is 12.6. The molecule has 0 atom stereocenters. The van der Waals surface area contributed by atoms with E-state index in [9.17, 15) is 18.5 Å². The summed E-state index contributed by atoms with van der Waals surface area (Å²) in [6.07, 6.45) is 1.57. The first kappa shape index (κ1) is 21.5. The summed E-state index contributed by atoms with van der Waals surface area (Å²) in [6, 6.07) is 9.62. The highest BCUT2D eigenvalue weighted by molar-refractivity contribution is 7.89. The monoisotopic (exact) mass is 404 g/mol. The van der Waals surface area contributed by atoms with Crippen molar-refractivity contribution in [3.63, 3.8) is 0 Å². The number of benzene rings is 2. The number of hydrazone groups is 1. The number of nitro benzene ring substituents is 1. The minimum Gasteiger partial charge on any atom is -0.272 e. The molecule has 0 fully saturated rings. The molecule has 28 heavy (non-hydrogen) atoms. The van der Waals surface area contributed by atoms with Gasteiger partial charge < -0.3 is 0 Å². The van der Waals surface area contributed by atoms with Crippen molar-refractivity contribution in [3.8, 4) is 0 Å². The molecule has 9 heteroatoms. The Labute approximate surface area is 165 Å². The standard InChI is InChI=1S/C19H24N4O4S/c1-5-22(6-2)28(26,27)17-9-10-18(19(12-17)23(24)25)21-20-13-16-8-7-14(3)11-15(16)4/h7-13,21H,5-6H2,1-4H3/b20-13-. The highest BCUT2D eigenvalue weighted by Gasteiger charge is 2.25. The number of nitrogens with one attached hydrogen (secondary N) is 1. The maximum absolute atomic E-state index is 12.6. The van der Waals surface area contributed by atoms with Gasteiger partial charge in [-0.1, -0.05) is 37.6 Å². The number of aryl methyl sites for hydroxylation is 2. The van der Waals surface area contributed by atoms with Crippen LogP contribution in [-0.4, -0.2) is 37.0 Å². The van der Waals surface area contributed by atoms with Crippen molar-refractivity contribution in [2.24, 2.45) is 5.10 Å². The number of hydrogen-bond donors (Lipinski definition) is 1. The topological polar surface area (TPSA) is 105 Å². The van der Waals surface area contributed by atoms with Crippen LogP contribution in [0.15, 0.2) is 46.4 Å². The first-order chi connectivity index (χ1) is 13.2. The first-order valence-corrected chi connectivity index (χ1v) is 10.3. The minimum atomic E-state index is -3.78. The number of nitrogens with zero attached hydrogens (tertiary/aromatic N) is 3. The van der Waals surface area contributed by atoms with E-state index in [1.165, 1.54) is 16.4 Å². The maximum Gasteiger partial charge on any atom is 0.295 e. The van der Waals surface area contributed by atoms with Crippen LogP contribution in [0.4, 0.5) is 11.4 Å². The molecule has 0 aliphatic carbocycles. The second-order valence-electron chi connectivity index (χ2n) is 6.26. The van der Waals surface area contributed by atoms with Crippen molar-refractivity contribution >= 4 is 27.6 Å². The molecule has 0 radical (unpaired) electrons. The van der Waals surface area contributed by atoms with E-state index in [2.05, 4.69) is 10.5 Å². The molecule has 0 amide bonds. The van der Waals surface area contributed by atoms with E-state index >= 15 is 0 Å². The van der Waals surface area contributed by atoms with E-state index in [0.717, 1.165) is 22.8 Å². The molecule has 0 saturated carbocycles. The van der Waals surface area contributed by atoms with Gasteiger partial charge in [-0.2, -0.15) is 9.41 Å². The highest BCUT2D eigenvalue weighted by Crippen LogP contribution is 2.29. The number of anilines is 1. The second-order valence-corrected chi connectivity index (χ2v) is 8.19. The Balaban J connectivity index is 2.33. The van der Waals surface area contributed by atoms with Crippen molar-refractivity contribution in [2.45, 2.75) is 32.6 Å². The largest absolute Gasteiger partial charge is 0.295 e. The summed E-state index contributed by atoms with van der Waals surface area (Å²) in [7, 11) is -3.78. The smallest absolute Gasteiger partial charge is 0.272 e. The Kier molecular flexibility index (Phi) is 6.87. The predicted octanol–water partition coefficient (Wildman–Crippen LogP) is 3.69. The molecule has 8 nitrogen and oxygen atoms in total. The number of nitro groups is 1. The molecule has 0 unspecified atom stereocenters. The van der Waals surface area contributed by atoms with Crippen LogP contribution in [-0.2, 0) is 10.0 Å². The summed E-state index contributed by atoms with van der Waals surface area (Å²) in [5.41, 5.74) is 5.43. The van der Waals surface area contributed by atoms with Gasteiger partial charge in [0.15, 0.2) is 0 Å². The average molecular weight is 404 g/mol. The third kappa shape index (κ3) is 4.73. The summed E-state index contributed by atoms with van der Waals surface area (Å²) in [4.78, 5) is 10.7. The zero-order chi connectivity index (χ0) is 20.9. The van der Waals surface area contributed by atoms with Gasteiger partial charge in [-0.25, -0.2) is 8.42 Å². The quantitative estimate of drug-likeness (QED) is 0.410. The van der Waals surface area contributed by atoms with Gasteiger partial charge in [-0.3, -0.25) is 15.5 Å². The molecule has 2 rings (SSSR count). The van der Waals surface area contributed by atoms with Crippen LogP contribution >= 0.6 is 0 Å². The predicted molar refractivity (Wildman–Crippen MR) is 110 cm³/mol. The zero-order valence-electron chi connectivity index (χ0n) is 16.3. The van der Waals surface area contributed by atoms with Crippen LogP contribution in [0.5, 0.6) is 0 Å². The lowest BCUT2D eigenvalue weighted by atomic mass is 10.1. The Morgan fingerprint density at radius 1 is 1.14 bits per heavy atom. The molecule has 1 N–H and O–H groups in total. The van der Waals surface area contributed by atoms with Crippen molar-refractivity contribution < 1.29 is 13.3 Å². The van der Waals surface area contributed by atoms with Gasteiger partial charge in [0.05, 0.1) is 16.0 Å². The Bertz CT molecular complexity index is 999. The van der Waals surface area contributed by atoms with Crippen molar-refractivity contribution in [1.82, 2.24) is 4.31 Å². The summed E-state index contributed by atoms with van der Waals surface area (Å²) in [6.45, 7) is 7.94. The Morgan fingerprint density at radius 2 is 1.82 bits per heavy atom. The van der Waals surface area contributed by atoms with Gasteiger partial charge in [0.2, 0.25) is 10.0 Å². The van der Waals surface area contributed by atoms with Crippen molar-refractivity contribution in [3.05, 3.63) is 63.2 Å². The van der Waals surface area contributed by atoms with Gasteiger partial charge in [0, 0.05) is 19.2 Å². The Hall–Kier alpha value is -2.78. The lowest BCUT2D eigenvalue weighted by molar-refractivity contribution is -0.384.